The molecular weight excluding hydrogens is 178 g/mol. The number of hydrogen-bond acceptors (Lipinski definition) is 2. The SMILES string of the molecule is Cc1cc(C)n(-c2ccc(C=O)[nH]2)n1. The van der Waals surface area contributed by atoms with Crippen LogP contribution in [0.2, 0.25) is 0 Å². The van der Waals surface area contributed by atoms with Gasteiger partial charge in [-0.25, -0.2) is 4.68 Å². The molecule has 2 aromatic rings. The maximum atomic E-state index is 10.5. The van der Waals surface area contributed by atoms with E-state index < -0.39 is 0 Å². The van der Waals surface area contributed by atoms with Gasteiger partial charge in [-0.15, -0.1) is 0 Å². The number of H-pyrrole nitrogens is 1. The lowest BCUT2D eigenvalue weighted by Gasteiger charge is -1.99. The molecule has 0 radical (unpaired) electrons. The van der Waals surface area contributed by atoms with Gasteiger partial charge in [0.15, 0.2) is 6.29 Å². The van der Waals surface area contributed by atoms with Gasteiger partial charge in [-0.1, -0.05) is 0 Å². The van der Waals surface area contributed by atoms with Crippen molar-refractivity contribution in [3.8, 4) is 5.82 Å². The molecule has 4 heteroatoms. The Morgan fingerprint density at radius 1 is 1.43 bits per heavy atom. The second-order valence-corrected chi connectivity index (χ2v) is 3.26. The van der Waals surface area contributed by atoms with Gasteiger partial charge in [0, 0.05) is 5.69 Å². The van der Waals surface area contributed by atoms with Crippen LogP contribution in [-0.4, -0.2) is 21.1 Å². The molecule has 0 bridgehead atoms. The van der Waals surface area contributed by atoms with Crippen molar-refractivity contribution in [2.75, 3.05) is 0 Å². The summed E-state index contributed by atoms with van der Waals surface area (Å²) in [7, 11) is 0. The second kappa shape index (κ2) is 3.14. The number of carbonyl (C=O) groups is 1. The predicted molar refractivity (Wildman–Crippen MR) is 52.8 cm³/mol. The van der Waals surface area contributed by atoms with Crippen LogP contribution < -0.4 is 0 Å². The molecule has 0 aliphatic heterocycles. The van der Waals surface area contributed by atoms with Gasteiger partial charge in [-0.2, -0.15) is 5.10 Å². The summed E-state index contributed by atoms with van der Waals surface area (Å²) in [6.07, 6.45) is 0.787. The Balaban J connectivity index is 2.48. The van der Waals surface area contributed by atoms with E-state index in [-0.39, 0.29) is 0 Å². The Labute approximate surface area is 81.6 Å². The van der Waals surface area contributed by atoms with Crippen LogP contribution >= 0.6 is 0 Å². The van der Waals surface area contributed by atoms with Crippen LogP contribution in [0.1, 0.15) is 21.9 Å². The maximum Gasteiger partial charge on any atom is 0.166 e. The fraction of sp³-hybridized carbons (Fsp3) is 0.200. The van der Waals surface area contributed by atoms with Crippen LogP contribution in [0.5, 0.6) is 0 Å². The highest BCUT2D eigenvalue weighted by Gasteiger charge is 2.04. The highest BCUT2D eigenvalue weighted by atomic mass is 16.1. The standard InChI is InChI=1S/C10H11N3O/c1-7-5-8(2)13(12-7)10-4-3-9(6-14)11-10/h3-6,11H,1-2H3. The first-order chi connectivity index (χ1) is 6.70. The first kappa shape index (κ1) is 8.74. The zero-order chi connectivity index (χ0) is 10.1. The van der Waals surface area contributed by atoms with Crippen LogP contribution in [0.4, 0.5) is 0 Å². The van der Waals surface area contributed by atoms with Crippen molar-refractivity contribution in [3.63, 3.8) is 0 Å². The Morgan fingerprint density at radius 2 is 2.21 bits per heavy atom. The van der Waals surface area contributed by atoms with E-state index in [2.05, 4.69) is 10.1 Å². The zero-order valence-electron chi connectivity index (χ0n) is 8.11. The third kappa shape index (κ3) is 1.35. The van der Waals surface area contributed by atoms with Gasteiger partial charge in [0.05, 0.1) is 11.4 Å². The minimum Gasteiger partial charge on any atom is -0.338 e. The summed E-state index contributed by atoms with van der Waals surface area (Å²) in [5, 5.41) is 4.30. The topological polar surface area (TPSA) is 50.7 Å². The fourth-order valence-electron chi connectivity index (χ4n) is 1.47. The number of rotatable bonds is 2. The lowest BCUT2D eigenvalue weighted by molar-refractivity contribution is 0.111. The first-order valence-electron chi connectivity index (χ1n) is 4.38. The number of nitrogens with one attached hydrogen (secondary N) is 1. The molecule has 1 N–H and O–H groups in total. The monoisotopic (exact) mass is 189 g/mol. The third-order valence-electron chi connectivity index (χ3n) is 2.06. The summed E-state index contributed by atoms with van der Waals surface area (Å²) in [6, 6.07) is 5.56. The Morgan fingerprint density at radius 3 is 2.71 bits per heavy atom. The van der Waals surface area contributed by atoms with Crippen LogP contribution in [0.3, 0.4) is 0 Å². The minimum absolute atomic E-state index is 0.563. The number of hydrogen-bond donors (Lipinski definition) is 1. The molecule has 0 saturated carbocycles. The van der Waals surface area contributed by atoms with Crippen molar-refractivity contribution >= 4 is 6.29 Å². The van der Waals surface area contributed by atoms with Gasteiger partial charge in [0.2, 0.25) is 0 Å². The minimum atomic E-state index is 0.563. The number of aromatic nitrogens is 3. The maximum absolute atomic E-state index is 10.5. The van der Waals surface area contributed by atoms with Gasteiger partial charge in [0.1, 0.15) is 5.82 Å². The second-order valence-electron chi connectivity index (χ2n) is 3.26. The lowest BCUT2D eigenvalue weighted by Crippen LogP contribution is -1.99. The predicted octanol–water partition coefficient (Wildman–Crippen LogP) is 1.63. The molecule has 0 aliphatic rings. The molecule has 0 spiro atoms. The van der Waals surface area contributed by atoms with Crippen LogP contribution in [-0.2, 0) is 0 Å². The number of aromatic amines is 1. The highest BCUT2D eigenvalue weighted by Crippen LogP contribution is 2.10. The van der Waals surface area contributed by atoms with Gasteiger partial charge in [-0.3, -0.25) is 4.79 Å². The number of nitrogens with zero attached hydrogens (tertiary/aromatic N) is 2. The summed E-state index contributed by atoms with van der Waals surface area (Å²) < 4.78 is 1.78. The highest BCUT2D eigenvalue weighted by molar-refractivity contribution is 5.72. The molecule has 0 saturated heterocycles. The van der Waals surface area contributed by atoms with E-state index in [1.165, 1.54) is 0 Å². The summed E-state index contributed by atoms with van der Waals surface area (Å²) >= 11 is 0. The largest absolute Gasteiger partial charge is 0.338 e. The molecule has 0 unspecified atom stereocenters. The molecule has 0 atom stereocenters. The quantitative estimate of drug-likeness (QED) is 0.730. The van der Waals surface area contributed by atoms with E-state index in [4.69, 9.17) is 0 Å². The van der Waals surface area contributed by atoms with Crippen LogP contribution in [0, 0.1) is 13.8 Å². The Hall–Kier alpha value is -1.84. The smallest absolute Gasteiger partial charge is 0.166 e. The van der Waals surface area contributed by atoms with Gasteiger partial charge in [0.25, 0.3) is 0 Å². The van der Waals surface area contributed by atoms with E-state index in [9.17, 15) is 4.79 Å². The number of aldehydes is 1. The van der Waals surface area contributed by atoms with E-state index in [1.807, 2.05) is 26.0 Å². The summed E-state index contributed by atoms with van der Waals surface area (Å²) in [5.74, 6) is 0.817. The average Bonchev–Trinajstić information content (AvgIpc) is 2.71. The Kier molecular flexibility index (Phi) is 1.96. The van der Waals surface area contributed by atoms with Crippen molar-refractivity contribution in [2.45, 2.75) is 13.8 Å². The average molecular weight is 189 g/mol. The number of aryl methyl sites for hydroxylation is 2. The molecule has 4 nitrogen and oxygen atoms in total. The van der Waals surface area contributed by atoms with E-state index >= 15 is 0 Å². The zero-order valence-corrected chi connectivity index (χ0v) is 8.11. The van der Waals surface area contributed by atoms with Gasteiger partial charge in [-0.05, 0) is 32.0 Å². The summed E-state index contributed by atoms with van der Waals surface area (Å²) in [5.41, 5.74) is 2.57. The summed E-state index contributed by atoms with van der Waals surface area (Å²) in [4.78, 5) is 13.4. The lowest BCUT2D eigenvalue weighted by atomic mass is 10.4. The molecule has 2 rings (SSSR count). The normalized spacial score (nSPS) is 10.4. The molecule has 0 aliphatic carbocycles. The molecule has 0 aromatic carbocycles. The summed E-state index contributed by atoms with van der Waals surface area (Å²) in [6.45, 7) is 3.91. The fourth-order valence-corrected chi connectivity index (χ4v) is 1.47. The van der Waals surface area contributed by atoms with Crippen LogP contribution in [0.25, 0.3) is 5.82 Å². The molecule has 72 valence electrons. The molecule has 14 heavy (non-hydrogen) atoms. The molecule has 2 aromatic heterocycles. The van der Waals surface area contributed by atoms with Gasteiger partial charge < -0.3 is 4.98 Å². The number of carbonyl (C=O) groups excluding carboxylic acids is 1. The van der Waals surface area contributed by atoms with Gasteiger partial charge >= 0.3 is 0 Å². The first-order valence-corrected chi connectivity index (χ1v) is 4.38. The van der Waals surface area contributed by atoms with Crippen molar-refractivity contribution in [1.82, 2.24) is 14.8 Å². The van der Waals surface area contributed by atoms with Crippen molar-refractivity contribution in [1.29, 1.82) is 0 Å². The molecular formula is C10H11N3O. The van der Waals surface area contributed by atoms with Crippen molar-refractivity contribution < 1.29 is 4.79 Å². The molecule has 0 fully saturated rings. The van der Waals surface area contributed by atoms with E-state index in [1.54, 1.807) is 10.7 Å². The molecule has 0 amide bonds. The Bertz CT molecular complexity index is 467. The van der Waals surface area contributed by atoms with E-state index in [0.29, 0.717) is 5.69 Å². The van der Waals surface area contributed by atoms with Crippen molar-refractivity contribution in [3.05, 3.63) is 35.3 Å². The van der Waals surface area contributed by atoms with E-state index in [0.717, 1.165) is 23.5 Å². The third-order valence-corrected chi connectivity index (χ3v) is 2.06. The molecule has 2 heterocycles. The van der Waals surface area contributed by atoms with Crippen LogP contribution in [0.15, 0.2) is 18.2 Å². The van der Waals surface area contributed by atoms with Crippen molar-refractivity contribution in [2.24, 2.45) is 0 Å².